The van der Waals surface area contributed by atoms with Crippen LogP contribution in [-0.4, -0.2) is 41.1 Å². The minimum absolute atomic E-state index is 0.00137. The Kier molecular flexibility index (Phi) is 7.39. The molecule has 1 atom stereocenters. The lowest BCUT2D eigenvalue weighted by molar-refractivity contribution is -0.142. The van der Waals surface area contributed by atoms with E-state index in [0.717, 1.165) is 6.42 Å². The van der Waals surface area contributed by atoms with Crippen molar-refractivity contribution in [1.29, 1.82) is 0 Å². The van der Waals surface area contributed by atoms with E-state index in [1.165, 1.54) is 0 Å². The minimum Gasteiger partial charge on any atom is -0.481 e. The van der Waals surface area contributed by atoms with Crippen LogP contribution in [-0.2, 0) is 4.79 Å². The van der Waals surface area contributed by atoms with E-state index in [1.807, 2.05) is 34.6 Å². The normalized spacial score (nSPS) is 12.6. The van der Waals surface area contributed by atoms with Gasteiger partial charge < -0.3 is 15.3 Å². The van der Waals surface area contributed by atoms with Gasteiger partial charge in [-0.3, -0.25) is 4.79 Å². The predicted octanol–water partition coefficient (Wildman–Crippen LogP) is 2.17. The Morgan fingerprint density at radius 3 is 2.11 bits per heavy atom. The molecule has 1 unspecified atom stereocenters. The maximum atomic E-state index is 11.9. The predicted molar refractivity (Wildman–Crippen MR) is 71.5 cm³/mol. The van der Waals surface area contributed by atoms with Gasteiger partial charge >= 0.3 is 12.0 Å². The second-order valence-electron chi connectivity index (χ2n) is 5.16. The van der Waals surface area contributed by atoms with Crippen molar-refractivity contribution in [3.63, 3.8) is 0 Å². The molecule has 2 N–H and O–H groups in total. The summed E-state index contributed by atoms with van der Waals surface area (Å²) in [4.78, 5) is 24.7. The van der Waals surface area contributed by atoms with E-state index in [2.05, 4.69) is 5.32 Å². The summed E-state index contributed by atoms with van der Waals surface area (Å²) < 4.78 is 0. The zero-order chi connectivity index (χ0) is 14.3. The molecule has 0 aliphatic rings. The summed E-state index contributed by atoms with van der Waals surface area (Å²) in [5, 5.41) is 11.8. The SMILES string of the molecule is CCCN(C(=O)NCC(C(=O)O)C(C)C)C(C)C. The molecule has 0 saturated carbocycles. The Labute approximate surface area is 110 Å². The van der Waals surface area contributed by atoms with Crippen LogP contribution in [0.5, 0.6) is 0 Å². The number of hydrogen-bond donors (Lipinski definition) is 2. The molecule has 0 aliphatic heterocycles. The number of nitrogens with zero attached hydrogens (tertiary/aromatic N) is 1. The first-order valence-electron chi connectivity index (χ1n) is 6.58. The highest BCUT2D eigenvalue weighted by Gasteiger charge is 2.23. The summed E-state index contributed by atoms with van der Waals surface area (Å²) in [5.74, 6) is -1.40. The molecule has 5 nitrogen and oxygen atoms in total. The molecule has 0 saturated heterocycles. The molecular formula is C13H26N2O3. The summed E-state index contributed by atoms with van der Waals surface area (Å²) in [7, 11) is 0. The Morgan fingerprint density at radius 2 is 1.78 bits per heavy atom. The molecule has 0 rings (SSSR count). The van der Waals surface area contributed by atoms with E-state index in [0.29, 0.717) is 6.54 Å². The Morgan fingerprint density at radius 1 is 1.22 bits per heavy atom. The van der Waals surface area contributed by atoms with Gasteiger partial charge in [0, 0.05) is 19.1 Å². The average Bonchev–Trinajstić information content (AvgIpc) is 2.24. The van der Waals surface area contributed by atoms with Crippen LogP contribution in [0.3, 0.4) is 0 Å². The monoisotopic (exact) mass is 258 g/mol. The molecule has 0 fully saturated rings. The molecule has 5 heteroatoms. The summed E-state index contributed by atoms with van der Waals surface area (Å²) in [6.45, 7) is 10.5. The summed E-state index contributed by atoms with van der Waals surface area (Å²) in [5.41, 5.74) is 0. The lowest BCUT2D eigenvalue weighted by atomic mass is 9.96. The van der Waals surface area contributed by atoms with E-state index < -0.39 is 11.9 Å². The second-order valence-corrected chi connectivity index (χ2v) is 5.16. The molecule has 0 aromatic carbocycles. The van der Waals surface area contributed by atoms with Crippen molar-refractivity contribution >= 4 is 12.0 Å². The zero-order valence-corrected chi connectivity index (χ0v) is 12.1. The summed E-state index contributed by atoms with van der Waals surface area (Å²) in [6.07, 6.45) is 0.887. The number of amides is 2. The van der Waals surface area contributed by atoms with Gasteiger partial charge in [-0.1, -0.05) is 20.8 Å². The number of carboxylic acid groups (broad SMARTS) is 1. The first-order chi connectivity index (χ1) is 8.31. The van der Waals surface area contributed by atoms with E-state index in [-0.39, 0.29) is 24.5 Å². The number of nitrogens with one attached hydrogen (secondary N) is 1. The summed E-state index contributed by atoms with van der Waals surface area (Å²) >= 11 is 0. The quantitative estimate of drug-likeness (QED) is 0.735. The van der Waals surface area contributed by atoms with E-state index >= 15 is 0 Å². The minimum atomic E-state index is -0.864. The van der Waals surface area contributed by atoms with Crippen LogP contribution < -0.4 is 5.32 Å². The maximum absolute atomic E-state index is 11.9. The van der Waals surface area contributed by atoms with Crippen LogP contribution in [0.1, 0.15) is 41.0 Å². The van der Waals surface area contributed by atoms with Crippen LogP contribution >= 0.6 is 0 Å². The molecule has 2 amide bonds. The topological polar surface area (TPSA) is 69.6 Å². The number of rotatable bonds is 7. The van der Waals surface area contributed by atoms with Gasteiger partial charge in [0.2, 0.25) is 0 Å². The lowest BCUT2D eigenvalue weighted by Gasteiger charge is -2.27. The number of carbonyl (C=O) groups is 2. The molecule has 0 bridgehead atoms. The third-order valence-corrected chi connectivity index (χ3v) is 2.94. The maximum Gasteiger partial charge on any atom is 0.317 e. The second kappa shape index (κ2) is 7.95. The first kappa shape index (κ1) is 16.7. The number of urea groups is 1. The number of carboxylic acids is 1. The molecule has 0 aliphatic carbocycles. The fourth-order valence-corrected chi connectivity index (χ4v) is 1.74. The van der Waals surface area contributed by atoms with Gasteiger partial charge in [0.15, 0.2) is 0 Å². The van der Waals surface area contributed by atoms with Crippen LogP contribution in [0, 0.1) is 11.8 Å². The van der Waals surface area contributed by atoms with Gasteiger partial charge in [-0.15, -0.1) is 0 Å². The fraction of sp³-hybridized carbons (Fsp3) is 0.846. The lowest BCUT2D eigenvalue weighted by Crippen LogP contribution is -2.47. The van der Waals surface area contributed by atoms with E-state index in [4.69, 9.17) is 5.11 Å². The van der Waals surface area contributed by atoms with Crippen molar-refractivity contribution in [2.75, 3.05) is 13.1 Å². The zero-order valence-electron chi connectivity index (χ0n) is 12.1. The van der Waals surface area contributed by atoms with Crippen LogP contribution in [0.15, 0.2) is 0 Å². The average molecular weight is 258 g/mol. The largest absolute Gasteiger partial charge is 0.481 e. The van der Waals surface area contributed by atoms with Gasteiger partial charge in [-0.25, -0.2) is 4.79 Å². The number of aliphatic carboxylic acids is 1. The van der Waals surface area contributed by atoms with Gasteiger partial charge in [0.05, 0.1) is 5.92 Å². The van der Waals surface area contributed by atoms with Gasteiger partial charge in [0.25, 0.3) is 0 Å². The van der Waals surface area contributed by atoms with Crippen molar-refractivity contribution in [3.8, 4) is 0 Å². The highest BCUT2D eigenvalue weighted by molar-refractivity contribution is 5.76. The molecule has 18 heavy (non-hydrogen) atoms. The third kappa shape index (κ3) is 5.38. The van der Waals surface area contributed by atoms with Crippen molar-refractivity contribution in [2.45, 2.75) is 47.1 Å². The molecule has 0 spiro atoms. The molecule has 0 aromatic rings. The van der Waals surface area contributed by atoms with Crippen molar-refractivity contribution < 1.29 is 14.7 Å². The molecular weight excluding hydrogens is 232 g/mol. The fourth-order valence-electron chi connectivity index (χ4n) is 1.74. The summed E-state index contributed by atoms with van der Waals surface area (Å²) in [6, 6.07) is -0.0639. The van der Waals surface area contributed by atoms with Gasteiger partial charge in [0.1, 0.15) is 0 Å². The van der Waals surface area contributed by atoms with Gasteiger partial charge in [-0.05, 0) is 26.2 Å². The number of carbonyl (C=O) groups excluding carboxylic acids is 1. The standard InChI is InChI=1S/C13H26N2O3/c1-6-7-15(10(4)5)13(18)14-8-11(9(2)3)12(16)17/h9-11H,6-8H2,1-5H3,(H,14,18)(H,16,17). The Bertz CT molecular complexity index is 277. The smallest absolute Gasteiger partial charge is 0.317 e. The van der Waals surface area contributed by atoms with Crippen molar-refractivity contribution in [3.05, 3.63) is 0 Å². The van der Waals surface area contributed by atoms with E-state index in [1.54, 1.807) is 4.90 Å². The van der Waals surface area contributed by atoms with Crippen molar-refractivity contribution in [1.82, 2.24) is 10.2 Å². The van der Waals surface area contributed by atoms with Crippen LogP contribution in [0.4, 0.5) is 4.79 Å². The van der Waals surface area contributed by atoms with Crippen molar-refractivity contribution in [2.24, 2.45) is 11.8 Å². The van der Waals surface area contributed by atoms with Gasteiger partial charge in [-0.2, -0.15) is 0 Å². The third-order valence-electron chi connectivity index (χ3n) is 2.94. The molecule has 0 heterocycles. The highest BCUT2D eigenvalue weighted by Crippen LogP contribution is 2.10. The Balaban J connectivity index is 4.41. The first-order valence-corrected chi connectivity index (χ1v) is 6.58. The van der Waals surface area contributed by atoms with Crippen LogP contribution in [0.25, 0.3) is 0 Å². The highest BCUT2D eigenvalue weighted by atomic mass is 16.4. The molecule has 106 valence electrons. The van der Waals surface area contributed by atoms with Crippen LogP contribution in [0.2, 0.25) is 0 Å². The molecule has 0 aromatic heterocycles. The van der Waals surface area contributed by atoms with E-state index in [9.17, 15) is 9.59 Å². The Hall–Kier alpha value is -1.26. The number of hydrogen-bond acceptors (Lipinski definition) is 2. The molecule has 0 radical (unpaired) electrons.